The van der Waals surface area contributed by atoms with Gasteiger partial charge in [-0.3, -0.25) is 0 Å². The Kier molecular flexibility index (Phi) is 4.73. The number of hydrogen-bond acceptors (Lipinski definition) is 4. The molecule has 2 heterocycles. The summed E-state index contributed by atoms with van der Waals surface area (Å²) in [6, 6.07) is 6.44. The Morgan fingerprint density at radius 3 is 2.80 bits per heavy atom. The topological polar surface area (TPSA) is 50.9 Å². The highest BCUT2D eigenvalue weighted by molar-refractivity contribution is 7.80. The first-order chi connectivity index (χ1) is 9.52. The molecule has 20 heavy (non-hydrogen) atoms. The van der Waals surface area contributed by atoms with Crippen LogP contribution in [0.25, 0.3) is 0 Å². The van der Waals surface area contributed by atoms with Gasteiger partial charge in [0.15, 0.2) is 0 Å². The number of nitrogens with two attached hydrogens (primary N) is 1. The monoisotopic (exact) mass is 305 g/mol. The summed E-state index contributed by atoms with van der Waals surface area (Å²) in [5, 5.41) is 5.58. The molecule has 0 radical (unpaired) electrons. The normalized spacial score (nSPS) is 12.2. The van der Waals surface area contributed by atoms with Gasteiger partial charge in [0.05, 0.1) is 11.6 Å². The van der Waals surface area contributed by atoms with E-state index in [2.05, 4.69) is 34.7 Å². The third-order valence-electron chi connectivity index (χ3n) is 3.20. The molecule has 1 atom stereocenters. The highest BCUT2D eigenvalue weighted by atomic mass is 32.1. The maximum atomic E-state index is 5.86. The average Bonchev–Trinajstić information content (AvgIpc) is 2.88. The van der Waals surface area contributed by atoms with E-state index in [1.54, 1.807) is 11.3 Å². The molecule has 0 aliphatic rings. The van der Waals surface area contributed by atoms with Gasteiger partial charge in [-0.2, -0.15) is 0 Å². The number of anilines is 1. The molecular formula is C15H19N3S2. The minimum atomic E-state index is 0.233. The van der Waals surface area contributed by atoms with E-state index in [9.17, 15) is 0 Å². The molecule has 0 amide bonds. The van der Waals surface area contributed by atoms with E-state index >= 15 is 0 Å². The van der Waals surface area contributed by atoms with Crippen LogP contribution in [0.3, 0.4) is 0 Å². The number of aryl methyl sites for hydroxylation is 2. The van der Waals surface area contributed by atoms with Gasteiger partial charge in [0.2, 0.25) is 0 Å². The molecule has 3 nitrogen and oxygen atoms in total. The zero-order valence-electron chi connectivity index (χ0n) is 11.9. The molecule has 0 aliphatic carbocycles. The van der Waals surface area contributed by atoms with Crippen LogP contribution in [0.1, 0.15) is 41.1 Å². The Hall–Kier alpha value is -1.46. The standard InChI is InChI=1S/C15H19N3S2/c1-4-11(12-6-5-7-20-12)18-15-13(14(16)19)9(2)8-10(3)17-15/h5-8,11H,4H2,1-3H3,(H2,16,19)(H,17,18). The lowest BCUT2D eigenvalue weighted by molar-refractivity contribution is 0.757. The van der Waals surface area contributed by atoms with Crippen LogP contribution in [0.15, 0.2) is 23.6 Å². The van der Waals surface area contributed by atoms with Crippen LogP contribution in [0, 0.1) is 13.8 Å². The van der Waals surface area contributed by atoms with Gasteiger partial charge in [-0.05, 0) is 43.3 Å². The van der Waals surface area contributed by atoms with E-state index in [0.717, 1.165) is 29.1 Å². The molecular weight excluding hydrogens is 286 g/mol. The van der Waals surface area contributed by atoms with Crippen molar-refractivity contribution in [1.29, 1.82) is 0 Å². The predicted molar refractivity (Wildman–Crippen MR) is 90.6 cm³/mol. The van der Waals surface area contributed by atoms with E-state index in [1.165, 1.54) is 4.88 Å². The molecule has 3 N–H and O–H groups in total. The molecule has 0 bridgehead atoms. The fourth-order valence-corrected chi connectivity index (χ4v) is 3.40. The van der Waals surface area contributed by atoms with Gasteiger partial charge in [0.1, 0.15) is 10.8 Å². The highest BCUT2D eigenvalue weighted by Gasteiger charge is 2.16. The summed E-state index contributed by atoms with van der Waals surface area (Å²) in [5.74, 6) is 0.787. The summed E-state index contributed by atoms with van der Waals surface area (Å²) in [6.07, 6.45) is 0.978. The lowest BCUT2D eigenvalue weighted by atomic mass is 10.1. The quantitative estimate of drug-likeness (QED) is 0.821. The van der Waals surface area contributed by atoms with Crippen molar-refractivity contribution in [2.75, 3.05) is 5.32 Å². The molecule has 0 spiro atoms. The first-order valence-electron chi connectivity index (χ1n) is 6.61. The second kappa shape index (κ2) is 6.33. The summed E-state index contributed by atoms with van der Waals surface area (Å²) in [4.78, 5) is 6.26. The van der Waals surface area contributed by atoms with E-state index < -0.39 is 0 Å². The number of hydrogen-bond donors (Lipinski definition) is 2. The zero-order valence-corrected chi connectivity index (χ0v) is 13.6. The molecule has 0 fully saturated rings. The molecule has 5 heteroatoms. The molecule has 2 aromatic rings. The van der Waals surface area contributed by atoms with E-state index in [1.807, 2.05) is 19.9 Å². The maximum absolute atomic E-state index is 5.86. The first-order valence-corrected chi connectivity index (χ1v) is 7.89. The fourth-order valence-electron chi connectivity index (χ4n) is 2.28. The number of aromatic nitrogens is 1. The largest absolute Gasteiger partial charge is 0.389 e. The third kappa shape index (κ3) is 3.16. The van der Waals surface area contributed by atoms with Crippen molar-refractivity contribution in [3.05, 3.63) is 45.3 Å². The minimum absolute atomic E-state index is 0.233. The van der Waals surface area contributed by atoms with Gasteiger partial charge < -0.3 is 11.1 Å². The Labute approximate surface area is 129 Å². The van der Waals surface area contributed by atoms with Crippen molar-refractivity contribution in [2.45, 2.75) is 33.2 Å². The fraction of sp³-hybridized carbons (Fsp3) is 0.333. The number of thiocarbonyl (C=S) groups is 1. The number of rotatable bonds is 5. The minimum Gasteiger partial charge on any atom is -0.389 e. The average molecular weight is 305 g/mol. The predicted octanol–water partition coefficient (Wildman–Crippen LogP) is 3.96. The van der Waals surface area contributed by atoms with Gasteiger partial charge in [0, 0.05) is 10.6 Å². The van der Waals surface area contributed by atoms with Crippen LogP contribution in [0.2, 0.25) is 0 Å². The van der Waals surface area contributed by atoms with E-state index in [-0.39, 0.29) is 6.04 Å². The molecule has 0 saturated heterocycles. The SMILES string of the molecule is CCC(Nc1nc(C)cc(C)c1C(N)=S)c1cccs1. The van der Waals surface area contributed by atoms with Crippen LogP contribution in [0.5, 0.6) is 0 Å². The van der Waals surface area contributed by atoms with E-state index in [4.69, 9.17) is 18.0 Å². The van der Waals surface area contributed by atoms with E-state index in [0.29, 0.717) is 4.99 Å². The summed E-state index contributed by atoms with van der Waals surface area (Å²) < 4.78 is 0. The van der Waals surface area contributed by atoms with Crippen LogP contribution < -0.4 is 11.1 Å². The Bertz CT molecular complexity index is 606. The van der Waals surface area contributed by atoms with Crippen molar-refractivity contribution >= 4 is 34.4 Å². The number of nitrogens with one attached hydrogen (secondary N) is 1. The van der Waals surface area contributed by atoms with Crippen molar-refractivity contribution in [3.8, 4) is 0 Å². The Morgan fingerprint density at radius 1 is 1.50 bits per heavy atom. The molecule has 0 aromatic carbocycles. The molecule has 2 aromatic heterocycles. The summed E-state index contributed by atoms with van der Waals surface area (Å²) in [5.41, 5.74) is 8.73. The van der Waals surface area contributed by atoms with Crippen molar-refractivity contribution in [1.82, 2.24) is 4.98 Å². The summed E-state index contributed by atoms with van der Waals surface area (Å²) in [6.45, 7) is 6.15. The van der Waals surface area contributed by atoms with Gasteiger partial charge in [0.25, 0.3) is 0 Å². The number of nitrogens with zero attached hydrogens (tertiary/aromatic N) is 1. The van der Waals surface area contributed by atoms with Crippen LogP contribution in [-0.2, 0) is 0 Å². The molecule has 0 saturated carbocycles. The molecule has 2 rings (SSSR count). The van der Waals surface area contributed by atoms with Gasteiger partial charge in [-0.15, -0.1) is 11.3 Å². The van der Waals surface area contributed by atoms with Crippen molar-refractivity contribution in [2.24, 2.45) is 5.73 Å². The van der Waals surface area contributed by atoms with Crippen molar-refractivity contribution < 1.29 is 0 Å². The summed E-state index contributed by atoms with van der Waals surface area (Å²) in [7, 11) is 0. The van der Waals surface area contributed by atoms with Crippen LogP contribution in [0.4, 0.5) is 5.82 Å². The third-order valence-corrected chi connectivity index (χ3v) is 4.39. The second-order valence-corrected chi connectivity index (χ2v) is 6.21. The highest BCUT2D eigenvalue weighted by Crippen LogP contribution is 2.28. The smallest absolute Gasteiger partial charge is 0.137 e. The Morgan fingerprint density at radius 2 is 2.25 bits per heavy atom. The van der Waals surface area contributed by atoms with Gasteiger partial charge >= 0.3 is 0 Å². The molecule has 106 valence electrons. The number of thiophene rings is 1. The zero-order chi connectivity index (χ0) is 14.7. The van der Waals surface area contributed by atoms with Crippen molar-refractivity contribution in [3.63, 3.8) is 0 Å². The van der Waals surface area contributed by atoms with Crippen LogP contribution >= 0.6 is 23.6 Å². The molecule has 0 aliphatic heterocycles. The first kappa shape index (κ1) is 14.9. The lowest BCUT2D eigenvalue weighted by Crippen LogP contribution is -2.19. The Balaban J connectivity index is 2.39. The number of pyridine rings is 1. The second-order valence-electron chi connectivity index (χ2n) is 4.79. The van der Waals surface area contributed by atoms with Gasteiger partial charge in [-0.1, -0.05) is 25.2 Å². The van der Waals surface area contributed by atoms with Gasteiger partial charge in [-0.25, -0.2) is 4.98 Å². The summed E-state index contributed by atoms with van der Waals surface area (Å²) >= 11 is 6.91. The van der Waals surface area contributed by atoms with Crippen LogP contribution in [-0.4, -0.2) is 9.97 Å². The molecule has 1 unspecified atom stereocenters. The maximum Gasteiger partial charge on any atom is 0.137 e. The lowest BCUT2D eigenvalue weighted by Gasteiger charge is -2.20.